The Labute approximate surface area is 117 Å². The Hall–Kier alpha value is -0.0300. The van der Waals surface area contributed by atoms with Crippen molar-refractivity contribution >= 4 is 27.7 Å². The van der Waals surface area contributed by atoms with Crippen molar-refractivity contribution in [2.45, 2.75) is 39.0 Å². The van der Waals surface area contributed by atoms with Crippen LogP contribution in [0.25, 0.3) is 0 Å². The summed E-state index contributed by atoms with van der Waals surface area (Å²) in [6.07, 6.45) is 6.89. The van der Waals surface area contributed by atoms with E-state index in [1.807, 2.05) is 18.7 Å². The van der Waals surface area contributed by atoms with Gasteiger partial charge in [-0.05, 0) is 18.3 Å². The predicted octanol–water partition coefficient (Wildman–Crippen LogP) is 2.40. The molecule has 3 nitrogen and oxygen atoms in total. The second-order valence-electron chi connectivity index (χ2n) is 5.33. The molecule has 1 aliphatic heterocycles. The Kier molecular flexibility index (Phi) is 5.55. The lowest BCUT2D eigenvalue weighted by atomic mass is 9.75. The fourth-order valence-electron chi connectivity index (χ4n) is 2.68. The van der Waals surface area contributed by atoms with E-state index in [0.29, 0.717) is 5.41 Å². The molecular weight excluding hydrogens is 264 g/mol. The molecule has 1 aliphatic carbocycles. The van der Waals surface area contributed by atoms with E-state index in [1.54, 1.807) is 0 Å². The van der Waals surface area contributed by atoms with Gasteiger partial charge in [-0.1, -0.05) is 37.9 Å². The fraction of sp³-hybridized carbons (Fsp3) is 0.923. The highest BCUT2D eigenvalue weighted by Gasteiger charge is 2.34. The molecule has 0 aromatic heterocycles. The monoisotopic (exact) mass is 288 g/mol. The van der Waals surface area contributed by atoms with Crippen LogP contribution in [0.2, 0.25) is 0 Å². The molecule has 1 atom stereocenters. The maximum Gasteiger partial charge on any atom is 0.156 e. The molecule has 0 amide bonds. The summed E-state index contributed by atoms with van der Waals surface area (Å²) in [4.78, 5) is 4.70. The van der Waals surface area contributed by atoms with Crippen LogP contribution in [0.3, 0.4) is 0 Å². The third kappa shape index (κ3) is 3.98. The van der Waals surface area contributed by atoms with Crippen molar-refractivity contribution in [1.29, 1.82) is 0 Å². The number of nitrogens with zero attached hydrogens (tertiary/aromatic N) is 1. The quantitative estimate of drug-likeness (QED) is 0.863. The Morgan fingerprint density at radius 3 is 2.78 bits per heavy atom. The molecular formula is C13H24N2OS2. The highest BCUT2D eigenvalue weighted by atomic mass is 32.2. The SMILES string of the molecule is CCS(=O)CCNC1=NCC2(CCCCC2)CS1. The van der Waals surface area contributed by atoms with Crippen LogP contribution in [0.5, 0.6) is 0 Å². The van der Waals surface area contributed by atoms with E-state index in [0.717, 1.165) is 29.8 Å². The van der Waals surface area contributed by atoms with Gasteiger partial charge in [0.25, 0.3) is 0 Å². The Morgan fingerprint density at radius 1 is 1.39 bits per heavy atom. The summed E-state index contributed by atoms with van der Waals surface area (Å²) in [6.45, 7) is 3.76. The second kappa shape index (κ2) is 6.94. The van der Waals surface area contributed by atoms with E-state index in [-0.39, 0.29) is 0 Å². The van der Waals surface area contributed by atoms with Crippen LogP contribution in [-0.4, -0.2) is 39.7 Å². The Morgan fingerprint density at radius 2 is 2.17 bits per heavy atom. The van der Waals surface area contributed by atoms with Crippen LogP contribution in [0.4, 0.5) is 0 Å². The van der Waals surface area contributed by atoms with Crippen molar-refractivity contribution in [3.8, 4) is 0 Å². The van der Waals surface area contributed by atoms with E-state index >= 15 is 0 Å². The first-order valence-corrected chi connectivity index (χ1v) is 9.48. The molecule has 0 saturated heterocycles. The van der Waals surface area contributed by atoms with Gasteiger partial charge in [0.05, 0.1) is 0 Å². The topological polar surface area (TPSA) is 41.5 Å². The van der Waals surface area contributed by atoms with E-state index in [9.17, 15) is 4.21 Å². The molecule has 1 saturated carbocycles. The second-order valence-corrected chi connectivity index (χ2v) is 8.16. The largest absolute Gasteiger partial charge is 0.364 e. The van der Waals surface area contributed by atoms with E-state index in [4.69, 9.17) is 4.99 Å². The molecule has 104 valence electrons. The van der Waals surface area contributed by atoms with Crippen LogP contribution in [0.15, 0.2) is 4.99 Å². The number of rotatable bonds is 4. The zero-order valence-electron chi connectivity index (χ0n) is 11.2. The predicted molar refractivity (Wildman–Crippen MR) is 81.8 cm³/mol. The molecule has 0 bridgehead atoms. The molecule has 0 radical (unpaired) electrons. The van der Waals surface area contributed by atoms with Crippen molar-refractivity contribution in [3.05, 3.63) is 0 Å². The molecule has 1 fully saturated rings. The smallest absolute Gasteiger partial charge is 0.156 e. The molecule has 0 aromatic carbocycles. The number of thioether (sulfide) groups is 1. The standard InChI is InChI=1S/C13H24N2OS2/c1-2-18(16)9-8-14-12-15-10-13(11-17-12)6-4-3-5-7-13/h2-11H2,1H3,(H,14,15). The van der Waals surface area contributed by atoms with Crippen LogP contribution in [-0.2, 0) is 10.8 Å². The van der Waals surface area contributed by atoms with Gasteiger partial charge in [0, 0.05) is 41.1 Å². The molecule has 1 heterocycles. The van der Waals surface area contributed by atoms with Crippen molar-refractivity contribution in [3.63, 3.8) is 0 Å². The highest BCUT2D eigenvalue weighted by molar-refractivity contribution is 8.13. The average Bonchev–Trinajstić information content (AvgIpc) is 2.42. The van der Waals surface area contributed by atoms with Gasteiger partial charge in [-0.3, -0.25) is 9.20 Å². The first kappa shape index (κ1) is 14.4. The number of hydrogen-bond donors (Lipinski definition) is 1. The van der Waals surface area contributed by atoms with Crippen molar-refractivity contribution in [2.24, 2.45) is 10.4 Å². The number of aliphatic imine (C=N–C) groups is 1. The van der Waals surface area contributed by atoms with E-state index in [2.05, 4.69) is 5.32 Å². The lowest BCUT2D eigenvalue weighted by Gasteiger charge is -2.38. The van der Waals surface area contributed by atoms with Gasteiger partial charge in [0.1, 0.15) is 0 Å². The maximum absolute atomic E-state index is 11.3. The fourth-order valence-corrected chi connectivity index (χ4v) is 4.48. The van der Waals surface area contributed by atoms with Crippen LogP contribution < -0.4 is 5.32 Å². The summed E-state index contributed by atoms with van der Waals surface area (Å²) < 4.78 is 11.3. The van der Waals surface area contributed by atoms with Crippen molar-refractivity contribution in [1.82, 2.24) is 5.32 Å². The van der Waals surface area contributed by atoms with Gasteiger partial charge in [0.15, 0.2) is 5.17 Å². The van der Waals surface area contributed by atoms with Crippen LogP contribution >= 0.6 is 11.8 Å². The van der Waals surface area contributed by atoms with Crippen LogP contribution in [0, 0.1) is 5.41 Å². The molecule has 2 rings (SSSR count). The molecule has 5 heteroatoms. The summed E-state index contributed by atoms with van der Waals surface area (Å²) in [5, 5.41) is 4.40. The lowest BCUT2D eigenvalue weighted by Crippen LogP contribution is -2.37. The Balaban J connectivity index is 1.74. The zero-order chi connectivity index (χ0) is 12.8. The molecule has 1 spiro atoms. The van der Waals surface area contributed by atoms with Gasteiger partial charge in [-0.2, -0.15) is 0 Å². The van der Waals surface area contributed by atoms with Gasteiger partial charge < -0.3 is 5.32 Å². The number of amidine groups is 1. The minimum atomic E-state index is -0.669. The van der Waals surface area contributed by atoms with Crippen LogP contribution in [0.1, 0.15) is 39.0 Å². The first-order valence-electron chi connectivity index (χ1n) is 7.00. The van der Waals surface area contributed by atoms with Crippen molar-refractivity contribution < 1.29 is 4.21 Å². The molecule has 1 unspecified atom stereocenters. The third-order valence-electron chi connectivity index (χ3n) is 3.92. The van der Waals surface area contributed by atoms with Gasteiger partial charge in [-0.15, -0.1) is 0 Å². The lowest BCUT2D eigenvalue weighted by molar-refractivity contribution is 0.232. The van der Waals surface area contributed by atoms with E-state index < -0.39 is 10.8 Å². The average molecular weight is 288 g/mol. The summed E-state index contributed by atoms with van der Waals surface area (Å²) in [5.41, 5.74) is 0.500. The highest BCUT2D eigenvalue weighted by Crippen LogP contribution is 2.41. The molecule has 2 aliphatic rings. The van der Waals surface area contributed by atoms with Gasteiger partial charge in [0.2, 0.25) is 0 Å². The minimum Gasteiger partial charge on any atom is -0.364 e. The van der Waals surface area contributed by atoms with Gasteiger partial charge >= 0.3 is 0 Å². The summed E-state index contributed by atoms with van der Waals surface area (Å²) >= 11 is 1.87. The zero-order valence-corrected chi connectivity index (χ0v) is 12.9. The molecule has 18 heavy (non-hydrogen) atoms. The normalized spacial score (nSPS) is 24.6. The molecule has 0 aromatic rings. The summed E-state index contributed by atoms with van der Waals surface area (Å²) in [5.74, 6) is 2.71. The molecule has 1 N–H and O–H groups in total. The summed E-state index contributed by atoms with van der Waals surface area (Å²) in [6, 6.07) is 0. The minimum absolute atomic E-state index is 0.500. The summed E-state index contributed by atoms with van der Waals surface area (Å²) in [7, 11) is -0.669. The Bertz CT molecular complexity index is 325. The third-order valence-corrected chi connectivity index (χ3v) is 6.52. The van der Waals surface area contributed by atoms with E-state index in [1.165, 1.54) is 37.9 Å². The first-order chi connectivity index (χ1) is 8.74. The number of nitrogens with one attached hydrogen (secondary N) is 1. The van der Waals surface area contributed by atoms with Gasteiger partial charge in [-0.25, -0.2) is 0 Å². The van der Waals surface area contributed by atoms with Crippen molar-refractivity contribution in [2.75, 3.05) is 30.3 Å². The number of hydrogen-bond acceptors (Lipinski definition) is 4. The maximum atomic E-state index is 11.3.